The van der Waals surface area contributed by atoms with Gasteiger partial charge in [-0.25, -0.2) is 0 Å². The van der Waals surface area contributed by atoms with Crippen molar-refractivity contribution in [2.24, 2.45) is 0 Å². The summed E-state index contributed by atoms with van der Waals surface area (Å²) in [5, 5.41) is 0. The van der Waals surface area contributed by atoms with Crippen LogP contribution in [0.3, 0.4) is 0 Å². The van der Waals surface area contributed by atoms with Gasteiger partial charge in [-0.15, -0.1) is 0 Å². The molecule has 1 aliphatic rings. The first kappa shape index (κ1) is 16.5. The number of nitrogens with one attached hydrogen (secondary N) is 1. The van der Waals surface area contributed by atoms with E-state index < -0.39 is 0 Å². The van der Waals surface area contributed by atoms with Crippen molar-refractivity contribution in [3.05, 3.63) is 44.4 Å². The highest BCUT2D eigenvalue weighted by atomic mass is 32.1. The smallest absolute Gasteiger partial charge is 0.305 e. The highest BCUT2D eigenvalue weighted by Crippen LogP contribution is 2.27. The van der Waals surface area contributed by atoms with Gasteiger partial charge in [-0.2, -0.15) is 0 Å². The van der Waals surface area contributed by atoms with E-state index in [-0.39, 0.29) is 4.87 Å². The molecule has 2 aromatic rings. The first-order chi connectivity index (χ1) is 11.1. The van der Waals surface area contributed by atoms with Crippen molar-refractivity contribution >= 4 is 11.3 Å². The molecule has 124 valence electrons. The van der Waals surface area contributed by atoms with Crippen LogP contribution in [0.5, 0.6) is 0 Å². The van der Waals surface area contributed by atoms with E-state index in [0.717, 1.165) is 30.9 Å². The lowest BCUT2D eigenvalue weighted by Gasteiger charge is -2.19. The average molecular weight is 330 g/mol. The summed E-state index contributed by atoms with van der Waals surface area (Å²) in [6.45, 7) is 7.60. The third kappa shape index (κ3) is 4.12. The second-order valence-electron chi connectivity index (χ2n) is 6.78. The minimum atomic E-state index is 0.0535. The molecule has 0 radical (unpaired) electrons. The third-order valence-electron chi connectivity index (χ3n) is 4.65. The Morgan fingerprint density at radius 3 is 2.35 bits per heavy atom. The minimum Gasteiger partial charge on any atom is -0.312 e. The van der Waals surface area contributed by atoms with E-state index in [2.05, 4.69) is 48.0 Å². The predicted molar refractivity (Wildman–Crippen MR) is 98.2 cm³/mol. The molecule has 0 saturated carbocycles. The number of aromatic nitrogens is 1. The van der Waals surface area contributed by atoms with Crippen LogP contribution in [-0.2, 0) is 6.54 Å². The molecule has 23 heavy (non-hydrogen) atoms. The molecule has 0 bridgehead atoms. The van der Waals surface area contributed by atoms with Crippen molar-refractivity contribution < 1.29 is 0 Å². The molecule has 2 heterocycles. The molecule has 1 aromatic carbocycles. The Hall–Kier alpha value is -1.39. The van der Waals surface area contributed by atoms with Gasteiger partial charge in [0, 0.05) is 11.4 Å². The van der Waals surface area contributed by atoms with E-state index in [9.17, 15) is 4.79 Å². The number of thiazole rings is 1. The summed E-state index contributed by atoms with van der Waals surface area (Å²) in [7, 11) is 0. The predicted octanol–water partition coefficient (Wildman–Crippen LogP) is 4.60. The van der Waals surface area contributed by atoms with E-state index in [1.165, 1.54) is 47.5 Å². The van der Waals surface area contributed by atoms with Crippen LogP contribution >= 0.6 is 11.3 Å². The molecule has 1 aliphatic heterocycles. The van der Waals surface area contributed by atoms with Gasteiger partial charge in [-0.1, -0.05) is 62.3 Å². The molecule has 0 atom stereocenters. The zero-order valence-electron chi connectivity index (χ0n) is 14.1. The molecule has 3 rings (SSSR count). The molecule has 0 spiro atoms. The quantitative estimate of drug-likeness (QED) is 0.889. The Bertz CT molecular complexity index is 676. The zero-order chi connectivity index (χ0) is 16.2. The van der Waals surface area contributed by atoms with Crippen LogP contribution in [0.4, 0.5) is 0 Å². The van der Waals surface area contributed by atoms with Crippen LogP contribution in [0.1, 0.15) is 55.9 Å². The normalized spacial score (nSPS) is 16.7. The van der Waals surface area contributed by atoms with Crippen LogP contribution in [0.2, 0.25) is 0 Å². The number of H-pyrrole nitrogens is 1. The standard InChI is InChI=1S/C19H26N2OS/c1-14(2)15-7-9-16(10-8-15)18-17(23-19(22)20-18)13-21-11-5-3-4-6-12-21/h7-10,14H,3-6,11-13H2,1-2H3,(H,20,22). The topological polar surface area (TPSA) is 36.1 Å². The Morgan fingerprint density at radius 2 is 1.74 bits per heavy atom. The Labute approximate surface area is 142 Å². The highest BCUT2D eigenvalue weighted by molar-refractivity contribution is 7.09. The molecule has 0 unspecified atom stereocenters. The maximum absolute atomic E-state index is 11.9. The largest absolute Gasteiger partial charge is 0.312 e. The van der Waals surface area contributed by atoms with Crippen LogP contribution in [0.15, 0.2) is 29.1 Å². The highest BCUT2D eigenvalue weighted by Gasteiger charge is 2.16. The fourth-order valence-electron chi connectivity index (χ4n) is 3.24. The van der Waals surface area contributed by atoms with E-state index in [1.54, 1.807) is 0 Å². The summed E-state index contributed by atoms with van der Waals surface area (Å²) in [4.78, 5) is 18.7. The van der Waals surface area contributed by atoms with Crippen molar-refractivity contribution in [2.45, 2.75) is 52.0 Å². The fourth-order valence-corrected chi connectivity index (χ4v) is 4.13. The van der Waals surface area contributed by atoms with Crippen molar-refractivity contribution in [1.29, 1.82) is 0 Å². The number of aromatic amines is 1. The summed E-state index contributed by atoms with van der Waals surface area (Å²) in [6.07, 6.45) is 5.22. The van der Waals surface area contributed by atoms with Crippen molar-refractivity contribution in [1.82, 2.24) is 9.88 Å². The molecule has 0 aliphatic carbocycles. The molecule has 4 heteroatoms. The van der Waals surface area contributed by atoms with Gasteiger partial charge >= 0.3 is 4.87 Å². The first-order valence-corrected chi connectivity index (χ1v) is 9.50. The number of likely N-dealkylation sites (tertiary alicyclic amines) is 1. The van der Waals surface area contributed by atoms with Crippen LogP contribution in [0, 0.1) is 0 Å². The van der Waals surface area contributed by atoms with E-state index in [1.807, 2.05) is 0 Å². The lowest BCUT2D eigenvalue weighted by Crippen LogP contribution is -2.23. The van der Waals surface area contributed by atoms with Gasteiger partial charge in [0.25, 0.3) is 0 Å². The SMILES string of the molecule is CC(C)c1ccc(-c2[nH]c(=O)sc2CN2CCCCCC2)cc1. The molecular weight excluding hydrogens is 304 g/mol. The van der Waals surface area contributed by atoms with Crippen molar-refractivity contribution in [2.75, 3.05) is 13.1 Å². The summed E-state index contributed by atoms with van der Waals surface area (Å²) in [6, 6.07) is 8.62. The van der Waals surface area contributed by atoms with Gasteiger partial charge in [0.15, 0.2) is 0 Å². The second kappa shape index (κ2) is 7.45. The molecule has 1 N–H and O–H groups in total. The maximum atomic E-state index is 11.9. The van der Waals surface area contributed by atoms with Gasteiger partial charge < -0.3 is 4.98 Å². The Kier molecular flexibility index (Phi) is 5.34. The molecule has 1 fully saturated rings. The van der Waals surface area contributed by atoms with Crippen LogP contribution in [0.25, 0.3) is 11.3 Å². The third-order valence-corrected chi connectivity index (χ3v) is 5.52. The summed E-state index contributed by atoms with van der Waals surface area (Å²) < 4.78 is 0. The minimum absolute atomic E-state index is 0.0535. The van der Waals surface area contributed by atoms with E-state index >= 15 is 0 Å². The number of benzene rings is 1. The molecule has 3 nitrogen and oxygen atoms in total. The number of hydrogen-bond acceptors (Lipinski definition) is 3. The van der Waals surface area contributed by atoms with Crippen LogP contribution < -0.4 is 4.87 Å². The van der Waals surface area contributed by atoms with Crippen molar-refractivity contribution in [3.63, 3.8) is 0 Å². The first-order valence-electron chi connectivity index (χ1n) is 8.68. The zero-order valence-corrected chi connectivity index (χ0v) is 14.9. The van der Waals surface area contributed by atoms with E-state index in [0.29, 0.717) is 5.92 Å². The fraction of sp³-hybridized carbons (Fsp3) is 0.526. The molecular formula is C19H26N2OS. The summed E-state index contributed by atoms with van der Waals surface area (Å²) >= 11 is 1.37. The summed E-state index contributed by atoms with van der Waals surface area (Å²) in [5.41, 5.74) is 3.47. The van der Waals surface area contributed by atoms with Crippen molar-refractivity contribution in [3.8, 4) is 11.3 Å². The number of hydrogen-bond donors (Lipinski definition) is 1. The lowest BCUT2D eigenvalue weighted by atomic mass is 10.0. The van der Waals surface area contributed by atoms with Gasteiger partial charge in [0.05, 0.1) is 5.69 Å². The van der Waals surface area contributed by atoms with Gasteiger partial charge in [0.2, 0.25) is 0 Å². The number of rotatable bonds is 4. The average Bonchev–Trinajstić information content (AvgIpc) is 2.74. The van der Waals surface area contributed by atoms with E-state index in [4.69, 9.17) is 0 Å². The van der Waals surface area contributed by atoms with Gasteiger partial charge in [-0.05, 0) is 43.0 Å². The molecule has 1 saturated heterocycles. The molecule has 0 amide bonds. The Morgan fingerprint density at radius 1 is 1.09 bits per heavy atom. The summed E-state index contributed by atoms with van der Waals surface area (Å²) in [5.74, 6) is 0.530. The van der Waals surface area contributed by atoms with Crippen LogP contribution in [-0.4, -0.2) is 23.0 Å². The Balaban J connectivity index is 1.83. The molecule has 1 aromatic heterocycles. The van der Waals surface area contributed by atoms with Gasteiger partial charge in [0.1, 0.15) is 0 Å². The van der Waals surface area contributed by atoms with Gasteiger partial charge in [-0.3, -0.25) is 9.69 Å². The number of nitrogens with zero attached hydrogens (tertiary/aromatic N) is 1. The maximum Gasteiger partial charge on any atom is 0.305 e. The second-order valence-corrected chi connectivity index (χ2v) is 7.85. The monoisotopic (exact) mass is 330 g/mol. The lowest BCUT2D eigenvalue weighted by molar-refractivity contribution is 0.279.